The Morgan fingerprint density at radius 1 is 1.12 bits per heavy atom. The van der Waals surface area contributed by atoms with Crippen LogP contribution in [-0.2, 0) is 25.4 Å². The molecule has 26 heavy (non-hydrogen) atoms. The van der Waals surface area contributed by atoms with Crippen molar-refractivity contribution in [3.8, 4) is 5.75 Å². The molecular weight excluding hydrogens is 415 g/mol. The van der Waals surface area contributed by atoms with E-state index in [1.165, 1.54) is 9.01 Å². The van der Waals surface area contributed by atoms with Gasteiger partial charge >= 0.3 is 37.6 Å². The number of phenolic OH excluding ortho intramolecular Hbond substituents is 1. The van der Waals surface area contributed by atoms with Crippen LogP contribution >= 0.6 is 0 Å². The molecule has 0 fully saturated rings. The first kappa shape index (κ1) is 30.6. The molecule has 1 aliphatic rings. The minimum Gasteiger partial charge on any atom is -1.00 e. The molecule has 0 spiro atoms. The summed E-state index contributed by atoms with van der Waals surface area (Å²) < 4.78 is 1.42. The van der Waals surface area contributed by atoms with Crippen LogP contribution in [0.3, 0.4) is 0 Å². The van der Waals surface area contributed by atoms with Gasteiger partial charge in [-0.3, -0.25) is 6.08 Å². The van der Waals surface area contributed by atoms with E-state index in [0.29, 0.717) is 5.75 Å². The van der Waals surface area contributed by atoms with Gasteiger partial charge in [0.25, 0.3) is 0 Å². The summed E-state index contributed by atoms with van der Waals surface area (Å²) in [4.78, 5) is 0. The Labute approximate surface area is 186 Å². The SMILES string of the molecule is CC(C)(C)c1cccc(O)c1.C[C](C)=[Ti+].C[Si](C)(C)C1=[C-]CC=C1.[Cl-].[Cl-]. The molecular formula is C21H33Cl2OSiTi-2. The maximum Gasteiger partial charge on any atom is 0.0393 e. The molecule has 0 bridgehead atoms. The fourth-order valence-corrected chi connectivity index (χ4v) is 3.14. The van der Waals surface area contributed by atoms with E-state index in [9.17, 15) is 5.11 Å². The third-order valence-electron chi connectivity index (χ3n) is 3.22. The zero-order chi connectivity index (χ0) is 19.0. The van der Waals surface area contributed by atoms with Crippen LogP contribution in [0.25, 0.3) is 0 Å². The molecule has 2 rings (SSSR count). The quantitative estimate of drug-likeness (QED) is 0.474. The van der Waals surface area contributed by atoms with Crippen molar-refractivity contribution in [2.75, 3.05) is 0 Å². The van der Waals surface area contributed by atoms with E-state index in [2.05, 4.69) is 92.5 Å². The molecule has 5 heteroatoms. The zero-order valence-corrected chi connectivity index (χ0v) is 21.4. The molecule has 1 N–H and O–H groups in total. The van der Waals surface area contributed by atoms with Crippen LogP contribution in [-0.4, -0.2) is 17.0 Å². The molecule has 1 nitrogen and oxygen atoms in total. The first-order valence-electron chi connectivity index (χ1n) is 8.43. The normalized spacial score (nSPS) is 12.3. The topological polar surface area (TPSA) is 20.2 Å². The summed E-state index contributed by atoms with van der Waals surface area (Å²) in [6, 6.07) is 7.39. The number of rotatable bonds is 1. The van der Waals surface area contributed by atoms with Crippen molar-refractivity contribution in [3.63, 3.8) is 0 Å². The van der Waals surface area contributed by atoms with Crippen LogP contribution in [0.4, 0.5) is 0 Å². The van der Waals surface area contributed by atoms with Crippen molar-refractivity contribution in [2.24, 2.45) is 0 Å². The predicted octanol–water partition coefficient (Wildman–Crippen LogP) is -0.00361. The molecule has 0 unspecified atom stereocenters. The molecule has 1 aliphatic carbocycles. The molecule has 1 aromatic rings. The van der Waals surface area contributed by atoms with Gasteiger partial charge in [0.15, 0.2) is 0 Å². The van der Waals surface area contributed by atoms with E-state index in [4.69, 9.17) is 0 Å². The Balaban J connectivity index is -0.000000322. The molecule has 0 saturated carbocycles. The maximum atomic E-state index is 9.18. The molecule has 1 aromatic carbocycles. The average Bonchev–Trinajstić information content (AvgIpc) is 2.91. The van der Waals surface area contributed by atoms with Crippen LogP contribution in [0.15, 0.2) is 41.6 Å². The van der Waals surface area contributed by atoms with Gasteiger partial charge in [-0.05, 0) is 23.1 Å². The Bertz CT molecular complexity index is 593. The van der Waals surface area contributed by atoms with Gasteiger partial charge in [0, 0.05) is 8.07 Å². The zero-order valence-electron chi connectivity index (χ0n) is 17.4. The van der Waals surface area contributed by atoms with Gasteiger partial charge in [-0.15, -0.1) is 6.42 Å². The first-order chi connectivity index (χ1) is 10.8. The van der Waals surface area contributed by atoms with Crippen molar-refractivity contribution in [1.29, 1.82) is 0 Å². The van der Waals surface area contributed by atoms with Crippen molar-refractivity contribution >= 4 is 11.9 Å². The van der Waals surface area contributed by atoms with E-state index in [1.807, 2.05) is 12.1 Å². The summed E-state index contributed by atoms with van der Waals surface area (Å²) in [5, 5.41) is 10.7. The van der Waals surface area contributed by atoms with Crippen LogP contribution in [0, 0.1) is 6.08 Å². The van der Waals surface area contributed by atoms with Gasteiger partial charge in [-0.25, -0.2) is 11.3 Å². The van der Waals surface area contributed by atoms with Crippen molar-refractivity contribution in [2.45, 2.75) is 66.1 Å². The van der Waals surface area contributed by atoms with Gasteiger partial charge in [-0.1, -0.05) is 52.5 Å². The maximum absolute atomic E-state index is 9.18. The molecule has 0 saturated heterocycles. The van der Waals surface area contributed by atoms with E-state index in [0.717, 1.165) is 12.0 Å². The van der Waals surface area contributed by atoms with E-state index < -0.39 is 8.07 Å². The summed E-state index contributed by atoms with van der Waals surface area (Å²) in [7, 11) is -1.01. The monoisotopic (exact) mass is 447 g/mol. The van der Waals surface area contributed by atoms with Crippen LogP contribution in [0.5, 0.6) is 5.75 Å². The van der Waals surface area contributed by atoms with E-state index in [1.54, 1.807) is 12.1 Å². The van der Waals surface area contributed by atoms with Crippen molar-refractivity contribution in [3.05, 3.63) is 53.3 Å². The van der Waals surface area contributed by atoms with Gasteiger partial charge in [0.2, 0.25) is 0 Å². The van der Waals surface area contributed by atoms with Gasteiger partial charge in [0.05, 0.1) is 0 Å². The van der Waals surface area contributed by atoms with Crippen LogP contribution < -0.4 is 24.8 Å². The van der Waals surface area contributed by atoms with Gasteiger partial charge in [-0.2, -0.15) is 6.08 Å². The fourth-order valence-electron chi connectivity index (χ4n) is 1.89. The summed E-state index contributed by atoms with van der Waals surface area (Å²) in [6.07, 6.45) is 8.82. The van der Waals surface area contributed by atoms with Crippen LogP contribution in [0.2, 0.25) is 19.6 Å². The summed E-state index contributed by atoms with van der Waals surface area (Å²) in [5.74, 6) is 0.345. The minimum absolute atomic E-state index is 0. The van der Waals surface area contributed by atoms with Gasteiger partial charge < -0.3 is 29.9 Å². The standard InChI is InChI=1S/C10H14O.C8H13Si.C3H6.2ClH.Ti/c1-10(2,3)8-5-4-6-9(11)7-8;1-9(2,3)8-6-4-5-7-8;1-3-2;;;/h4-7,11H,1-3H3;4,6H,5H2,1-3H3;1-2H3;2*1H;/q;-1;;;;+1/p-2. The number of hydrogen-bond acceptors (Lipinski definition) is 1. The predicted molar refractivity (Wildman–Crippen MR) is 107 cm³/mol. The number of benzene rings is 1. The smallest absolute Gasteiger partial charge is 0.0393 e. The largest absolute Gasteiger partial charge is 1.00 e. The number of allylic oxidation sites excluding steroid dienone is 4. The summed E-state index contributed by atoms with van der Waals surface area (Å²) >= 11 is 2.08. The van der Waals surface area contributed by atoms with E-state index in [-0.39, 0.29) is 30.2 Å². The Morgan fingerprint density at radius 3 is 1.85 bits per heavy atom. The molecule has 0 aliphatic heterocycles. The van der Waals surface area contributed by atoms with Crippen molar-refractivity contribution < 1.29 is 49.9 Å². The molecule has 0 amide bonds. The minimum atomic E-state index is -1.01. The summed E-state index contributed by atoms with van der Waals surface area (Å²) in [5.41, 5.74) is 1.29. The first-order valence-corrected chi connectivity index (χ1v) is 12.7. The molecule has 0 atom stereocenters. The third-order valence-corrected chi connectivity index (χ3v) is 5.17. The number of hydrogen-bond donors (Lipinski definition) is 1. The number of aromatic hydroxyl groups is 1. The Morgan fingerprint density at radius 2 is 1.62 bits per heavy atom. The van der Waals surface area contributed by atoms with Crippen LogP contribution in [0.1, 0.15) is 46.6 Å². The Hall–Kier alpha value is -0.119. The fraction of sp³-hybridized carbons (Fsp3) is 0.476. The van der Waals surface area contributed by atoms with Crippen molar-refractivity contribution in [1.82, 2.24) is 0 Å². The average molecular weight is 448 g/mol. The number of phenols is 1. The molecule has 0 heterocycles. The molecule has 0 aromatic heterocycles. The number of halogens is 2. The summed E-state index contributed by atoms with van der Waals surface area (Å²) in [6.45, 7) is 17.6. The second kappa shape index (κ2) is 14.0. The van der Waals surface area contributed by atoms with Gasteiger partial charge in [0.1, 0.15) is 5.75 Å². The second-order valence-corrected chi connectivity index (χ2v) is 14.8. The Kier molecular flexibility index (Phi) is 16.4. The van der Waals surface area contributed by atoms with E-state index >= 15 is 0 Å². The molecule has 0 radical (unpaired) electrons. The second-order valence-electron chi connectivity index (χ2n) is 8.25. The third kappa shape index (κ3) is 15.0. The molecule has 147 valence electrons.